The molecule has 0 aromatic carbocycles. The van der Waals surface area contributed by atoms with E-state index in [1.807, 2.05) is 6.07 Å². The third kappa shape index (κ3) is 1.90. The minimum Gasteiger partial charge on any atom is -0.381 e. The zero-order valence-corrected chi connectivity index (χ0v) is 8.85. The van der Waals surface area contributed by atoms with Crippen molar-refractivity contribution in [1.82, 2.24) is 20.0 Å². The summed E-state index contributed by atoms with van der Waals surface area (Å²) >= 11 is 3.40. The highest BCUT2D eigenvalue weighted by atomic mass is 79.9. The zero-order chi connectivity index (χ0) is 9.97. The van der Waals surface area contributed by atoms with Crippen molar-refractivity contribution in [3.8, 4) is 0 Å². The maximum absolute atomic E-state index is 5.45. The Balaban J connectivity index is 2.23. The molecule has 2 aromatic heterocycles. The molecule has 0 bridgehead atoms. The molecule has 0 spiro atoms. The molecule has 0 unspecified atom stereocenters. The lowest BCUT2D eigenvalue weighted by Gasteiger charge is -2.01. The second-order valence-electron chi connectivity index (χ2n) is 2.77. The fraction of sp³-hybridized carbons (Fsp3) is 0.125. The molecule has 0 aliphatic carbocycles. The minimum absolute atomic E-state index is 0.426. The average Bonchev–Trinajstić information content (AvgIpc) is 2.56. The van der Waals surface area contributed by atoms with Gasteiger partial charge in [0.1, 0.15) is 0 Å². The van der Waals surface area contributed by atoms with Gasteiger partial charge in [0, 0.05) is 16.9 Å². The molecular weight excluding hydrogens is 246 g/mol. The first-order chi connectivity index (χ1) is 6.75. The number of halogens is 1. The zero-order valence-electron chi connectivity index (χ0n) is 7.26. The molecule has 72 valence electrons. The van der Waals surface area contributed by atoms with Crippen LogP contribution < -0.4 is 5.73 Å². The smallest absolute Gasteiger partial charge is 0.165 e. The quantitative estimate of drug-likeness (QED) is 0.870. The number of nitrogens with zero attached hydrogens (tertiary/aromatic N) is 4. The van der Waals surface area contributed by atoms with E-state index in [2.05, 4.69) is 31.1 Å². The second kappa shape index (κ2) is 3.75. The molecule has 2 N–H and O–H groups in total. The molecule has 2 heterocycles. The van der Waals surface area contributed by atoms with Crippen LogP contribution in [0.5, 0.6) is 0 Å². The van der Waals surface area contributed by atoms with Gasteiger partial charge in [-0.3, -0.25) is 4.98 Å². The highest BCUT2D eigenvalue weighted by Crippen LogP contribution is 2.14. The number of nitrogens with two attached hydrogens (primary N) is 1. The van der Waals surface area contributed by atoms with E-state index < -0.39 is 0 Å². The van der Waals surface area contributed by atoms with E-state index in [1.54, 1.807) is 12.4 Å². The highest BCUT2D eigenvalue weighted by molar-refractivity contribution is 9.10. The summed E-state index contributed by atoms with van der Waals surface area (Å²) in [5.74, 6) is 0.426. The van der Waals surface area contributed by atoms with Crippen LogP contribution in [-0.4, -0.2) is 20.0 Å². The number of nitrogen functional groups attached to an aromatic ring is 1. The molecule has 2 aromatic rings. The van der Waals surface area contributed by atoms with Gasteiger partial charge in [-0.25, -0.2) is 0 Å². The van der Waals surface area contributed by atoms with E-state index in [0.29, 0.717) is 12.4 Å². The SMILES string of the molecule is Nc1cnn(Cc2ccncc2Br)n1. The van der Waals surface area contributed by atoms with Crippen LogP contribution in [0.15, 0.2) is 29.1 Å². The topological polar surface area (TPSA) is 69.6 Å². The fourth-order valence-electron chi connectivity index (χ4n) is 1.07. The average molecular weight is 254 g/mol. The third-order valence-corrected chi connectivity index (χ3v) is 2.44. The summed E-state index contributed by atoms with van der Waals surface area (Å²) in [4.78, 5) is 5.51. The Kier molecular flexibility index (Phi) is 2.45. The van der Waals surface area contributed by atoms with Crippen molar-refractivity contribution in [2.24, 2.45) is 0 Å². The van der Waals surface area contributed by atoms with Crippen LogP contribution in [0.3, 0.4) is 0 Å². The van der Waals surface area contributed by atoms with Gasteiger partial charge in [0.2, 0.25) is 0 Å². The molecule has 0 atom stereocenters. The lowest BCUT2D eigenvalue weighted by atomic mass is 10.3. The number of anilines is 1. The Labute approximate surface area is 89.1 Å². The summed E-state index contributed by atoms with van der Waals surface area (Å²) in [5, 5.41) is 7.98. The minimum atomic E-state index is 0.426. The molecule has 5 nitrogen and oxygen atoms in total. The summed E-state index contributed by atoms with van der Waals surface area (Å²) in [6.45, 7) is 0.584. The van der Waals surface area contributed by atoms with Crippen LogP contribution >= 0.6 is 15.9 Å². The number of hydrogen-bond donors (Lipinski definition) is 1. The Morgan fingerprint density at radius 2 is 2.29 bits per heavy atom. The maximum Gasteiger partial charge on any atom is 0.165 e. The third-order valence-electron chi connectivity index (χ3n) is 1.72. The van der Waals surface area contributed by atoms with Crippen molar-refractivity contribution in [3.63, 3.8) is 0 Å². The van der Waals surface area contributed by atoms with E-state index >= 15 is 0 Å². The van der Waals surface area contributed by atoms with Crippen molar-refractivity contribution in [1.29, 1.82) is 0 Å². The highest BCUT2D eigenvalue weighted by Gasteiger charge is 2.02. The monoisotopic (exact) mass is 253 g/mol. The first-order valence-corrected chi connectivity index (χ1v) is 4.79. The largest absolute Gasteiger partial charge is 0.381 e. The van der Waals surface area contributed by atoms with Crippen molar-refractivity contribution < 1.29 is 0 Å². The normalized spacial score (nSPS) is 10.4. The van der Waals surface area contributed by atoms with Crippen LogP contribution in [-0.2, 0) is 6.54 Å². The fourth-order valence-corrected chi connectivity index (χ4v) is 1.45. The number of rotatable bonds is 2. The van der Waals surface area contributed by atoms with E-state index in [1.165, 1.54) is 11.0 Å². The molecule has 0 saturated carbocycles. The maximum atomic E-state index is 5.45. The van der Waals surface area contributed by atoms with Crippen molar-refractivity contribution in [2.75, 3.05) is 5.73 Å². The number of aromatic nitrogens is 4. The first-order valence-electron chi connectivity index (χ1n) is 4.00. The molecule has 0 saturated heterocycles. The van der Waals surface area contributed by atoms with Gasteiger partial charge in [-0.1, -0.05) is 0 Å². The molecule has 0 aliphatic rings. The van der Waals surface area contributed by atoms with E-state index in [4.69, 9.17) is 5.73 Å². The number of hydrogen-bond acceptors (Lipinski definition) is 4. The van der Waals surface area contributed by atoms with Crippen LogP contribution in [0.1, 0.15) is 5.56 Å². The molecule has 6 heteroatoms. The van der Waals surface area contributed by atoms with Crippen LogP contribution in [0.2, 0.25) is 0 Å². The van der Waals surface area contributed by atoms with Gasteiger partial charge in [-0.15, -0.1) is 5.10 Å². The second-order valence-corrected chi connectivity index (χ2v) is 3.62. The van der Waals surface area contributed by atoms with E-state index in [9.17, 15) is 0 Å². The van der Waals surface area contributed by atoms with Gasteiger partial charge in [0.15, 0.2) is 5.82 Å². The summed E-state index contributed by atoms with van der Waals surface area (Å²) in [7, 11) is 0. The van der Waals surface area contributed by atoms with Gasteiger partial charge in [-0.05, 0) is 27.6 Å². The van der Waals surface area contributed by atoms with Crippen molar-refractivity contribution in [2.45, 2.75) is 6.54 Å². The Morgan fingerprint density at radius 1 is 1.43 bits per heavy atom. The molecule has 0 aliphatic heterocycles. The van der Waals surface area contributed by atoms with Gasteiger partial charge >= 0.3 is 0 Å². The molecule has 2 rings (SSSR count). The standard InChI is InChI=1S/C8H8BrN5/c9-7-3-11-2-1-6(7)5-14-12-4-8(10)13-14/h1-4H,5H2,(H2,10,13). The van der Waals surface area contributed by atoms with Crippen LogP contribution in [0, 0.1) is 0 Å². The van der Waals surface area contributed by atoms with E-state index in [-0.39, 0.29) is 0 Å². The molecule has 0 amide bonds. The summed E-state index contributed by atoms with van der Waals surface area (Å²) in [5.41, 5.74) is 6.52. The van der Waals surface area contributed by atoms with Crippen LogP contribution in [0.25, 0.3) is 0 Å². The summed E-state index contributed by atoms with van der Waals surface area (Å²) in [6.07, 6.45) is 4.99. The molecule has 0 radical (unpaired) electrons. The van der Waals surface area contributed by atoms with Gasteiger partial charge in [-0.2, -0.15) is 9.90 Å². The van der Waals surface area contributed by atoms with Crippen molar-refractivity contribution >= 4 is 21.7 Å². The van der Waals surface area contributed by atoms with E-state index in [0.717, 1.165) is 10.0 Å². The molecule has 14 heavy (non-hydrogen) atoms. The van der Waals surface area contributed by atoms with Crippen LogP contribution in [0.4, 0.5) is 5.82 Å². The Hall–Kier alpha value is -1.43. The van der Waals surface area contributed by atoms with Gasteiger partial charge in [0.05, 0.1) is 12.7 Å². The lowest BCUT2D eigenvalue weighted by molar-refractivity contribution is 0.591. The number of pyridine rings is 1. The summed E-state index contributed by atoms with van der Waals surface area (Å²) < 4.78 is 0.941. The predicted octanol–water partition coefficient (Wildman–Crippen LogP) is 1.07. The Morgan fingerprint density at radius 3 is 2.93 bits per heavy atom. The predicted molar refractivity (Wildman–Crippen MR) is 55.5 cm³/mol. The van der Waals surface area contributed by atoms with Crippen molar-refractivity contribution in [3.05, 3.63) is 34.7 Å². The van der Waals surface area contributed by atoms with Gasteiger partial charge in [0.25, 0.3) is 0 Å². The lowest BCUT2D eigenvalue weighted by Crippen LogP contribution is -2.04. The first kappa shape index (κ1) is 9.14. The summed E-state index contributed by atoms with van der Waals surface area (Å²) in [6, 6.07) is 1.91. The molecular formula is C8H8BrN5. The molecule has 0 fully saturated rings. The van der Waals surface area contributed by atoms with Gasteiger partial charge < -0.3 is 5.73 Å². The Bertz CT molecular complexity index is 439.